The molecule has 1 amide bonds. The number of rotatable bonds is 7. The summed E-state index contributed by atoms with van der Waals surface area (Å²) in [7, 11) is 0. The second kappa shape index (κ2) is 9.16. The molecule has 0 unspecified atom stereocenters. The van der Waals surface area contributed by atoms with E-state index in [1.165, 1.54) is 0 Å². The van der Waals surface area contributed by atoms with Gasteiger partial charge in [-0.05, 0) is 26.2 Å². The molecule has 1 rings (SSSR count). The van der Waals surface area contributed by atoms with Crippen LogP contribution in [-0.4, -0.2) is 56.5 Å². The Kier molecular flexibility index (Phi) is 7.76. The molecular formula is C13H26N2O3. The highest BCUT2D eigenvalue weighted by atomic mass is 16.6. The Morgan fingerprint density at radius 1 is 1.28 bits per heavy atom. The summed E-state index contributed by atoms with van der Waals surface area (Å²) < 4.78 is 10.4. The lowest BCUT2D eigenvalue weighted by Gasteiger charge is -2.31. The number of nitrogens with one attached hydrogen (secondary N) is 1. The highest BCUT2D eigenvalue weighted by Crippen LogP contribution is 2.11. The fourth-order valence-electron chi connectivity index (χ4n) is 2.06. The van der Waals surface area contributed by atoms with Gasteiger partial charge < -0.3 is 19.7 Å². The maximum absolute atomic E-state index is 11.5. The number of hydrogen-bond acceptors (Lipinski definition) is 4. The summed E-state index contributed by atoms with van der Waals surface area (Å²) in [6, 6.07) is 0.501. The van der Waals surface area contributed by atoms with Crippen molar-refractivity contribution in [2.75, 3.05) is 39.5 Å². The molecule has 1 aliphatic rings. The molecule has 0 spiro atoms. The van der Waals surface area contributed by atoms with Gasteiger partial charge in [-0.2, -0.15) is 0 Å². The Bertz CT molecular complexity index is 228. The minimum atomic E-state index is -0.178. The van der Waals surface area contributed by atoms with E-state index in [0.29, 0.717) is 12.6 Å². The maximum Gasteiger partial charge on any atom is 0.409 e. The second-order valence-electron chi connectivity index (χ2n) is 4.53. The molecule has 18 heavy (non-hydrogen) atoms. The first-order chi connectivity index (χ1) is 8.77. The monoisotopic (exact) mass is 258 g/mol. The van der Waals surface area contributed by atoms with Crippen LogP contribution in [0.3, 0.4) is 0 Å². The van der Waals surface area contributed by atoms with Crippen molar-refractivity contribution in [1.29, 1.82) is 0 Å². The fraction of sp³-hybridized carbons (Fsp3) is 0.923. The quantitative estimate of drug-likeness (QED) is 0.705. The van der Waals surface area contributed by atoms with E-state index in [1.807, 2.05) is 6.92 Å². The van der Waals surface area contributed by atoms with Gasteiger partial charge in [-0.25, -0.2) is 4.79 Å². The van der Waals surface area contributed by atoms with E-state index in [-0.39, 0.29) is 6.09 Å². The number of carbonyl (C=O) groups is 1. The fourth-order valence-corrected chi connectivity index (χ4v) is 2.06. The molecule has 0 aromatic carbocycles. The average molecular weight is 258 g/mol. The zero-order valence-corrected chi connectivity index (χ0v) is 11.6. The minimum absolute atomic E-state index is 0.178. The van der Waals surface area contributed by atoms with Gasteiger partial charge in [0.2, 0.25) is 0 Å². The molecule has 1 N–H and O–H groups in total. The van der Waals surface area contributed by atoms with Gasteiger partial charge in [0.25, 0.3) is 0 Å². The van der Waals surface area contributed by atoms with Gasteiger partial charge >= 0.3 is 6.09 Å². The van der Waals surface area contributed by atoms with Gasteiger partial charge in [0.1, 0.15) is 0 Å². The standard InChI is InChI=1S/C13H26N2O3/c1-3-10-17-11-7-14-12-5-8-15(9-6-12)13(16)18-4-2/h12,14H,3-11H2,1-2H3. The summed E-state index contributed by atoms with van der Waals surface area (Å²) in [5, 5.41) is 3.47. The van der Waals surface area contributed by atoms with Crippen molar-refractivity contribution >= 4 is 6.09 Å². The number of piperidine rings is 1. The normalized spacial score (nSPS) is 16.9. The van der Waals surface area contributed by atoms with Crippen molar-refractivity contribution < 1.29 is 14.3 Å². The van der Waals surface area contributed by atoms with Crippen LogP contribution in [0.4, 0.5) is 4.79 Å². The van der Waals surface area contributed by atoms with E-state index in [2.05, 4.69) is 12.2 Å². The molecule has 1 saturated heterocycles. The summed E-state index contributed by atoms with van der Waals surface area (Å²) in [6.07, 6.45) is 2.87. The zero-order chi connectivity index (χ0) is 13.2. The van der Waals surface area contributed by atoms with E-state index in [4.69, 9.17) is 9.47 Å². The molecule has 106 valence electrons. The van der Waals surface area contributed by atoms with Gasteiger partial charge in [-0.1, -0.05) is 6.92 Å². The molecule has 0 radical (unpaired) electrons. The largest absolute Gasteiger partial charge is 0.450 e. The lowest BCUT2D eigenvalue weighted by molar-refractivity contribution is 0.0927. The Morgan fingerprint density at radius 3 is 2.61 bits per heavy atom. The molecule has 0 bridgehead atoms. The first-order valence-corrected chi connectivity index (χ1v) is 7.00. The smallest absolute Gasteiger partial charge is 0.409 e. The topological polar surface area (TPSA) is 50.8 Å². The molecule has 1 aliphatic heterocycles. The SMILES string of the molecule is CCCOCCNC1CCN(C(=O)OCC)CC1. The lowest BCUT2D eigenvalue weighted by Crippen LogP contribution is -2.45. The molecule has 0 aromatic heterocycles. The molecule has 0 saturated carbocycles. The Labute approximate surface area is 110 Å². The van der Waals surface area contributed by atoms with Crippen LogP contribution >= 0.6 is 0 Å². The number of hydrogen-bond donors (Lipinski definition) is 1. The van der Waals surface area contributed by atoms with Crippen LogP contribution in [0.2, 0.25) is 0 Å². The average Bonchev–Trinajstić information content (AvgIpc) is 2.39. The van der Waals surface area contributed by atoms with Gasteiger partial charge in [0, 0.05) is 32.3 Å². The molecule has 1 fully saturated rings. The lowest BCUT2D eigenvalue weighted by atomic mass is 10.1. The van der Waals surface area contributed by atoms with Crippen molar-refractivity contribution in [3.05, 3.63) is 0 Å². The van der Waals surface area contributed by atoms with Crippen molar-refractivity contribution in [3.63, 3.8) is 0 Å². The summed E-state index contributed by atoms with van der Waals surface area (Å²) in [4.78, 5) is 13.3. The van der Waals surface area contributed by atoms with Crippen LogP contribution in [0.5, 0.6) is 0 Å². The molecule has 0 atom stereocenters. The summed E-state index contributed by atoms with van der Waals surface area (Å²) in [5.41, 5.74) is 0. The third-order valence-electron chi connectivity index (χ3n) is 3.05. The van der Waals surface area contributed by atoms with E-state index < -0.39 is 0 Å². The van der Waals surface area contributed by atoms with Crippen LogP contribution in [0.15, 0.2) is 0 Å². The molecule has 0 aliphatic carbocycles. The Balaban J connectivity index is 2.06. The predicted octanol–water partition coefficient (Wildman–Crippen LogP) is 1.62. The molecule has 5 nitrogen and oxygen atoms in total. The summed E-state index contributed by atoms with van der Waals surface area (Å²) in [5.74, 6) is 0. The molecule has 1 heterocycles. The first-order valence-electron chi connectivity index (χ1n) is 7.00. The van der Waals surface area contributed by atoms with E-state index in [0.717, 1.165) is 52.1 Å². The maximum atomic E-state index is 11.5. The number of carbonyl (C=O) groups excluding carboxylic acids is 1. The third-order valence-corrected chi connectivity index (χ3v) is 3.05. The first kappa shape index (κ1) is 15.2. The summed E-state index contributed by atoms with van der Waals surface area (Å²) >= 11 is 0. The minimum Gasteiger partial charge on any atom is -0.450 e. The van der Waals surface area contributed by atoms with E-state index in [9.17, 15) is 4.79 Å². The number of ether oxygens (including phenoxy) is 2. The summed E-state index contributed by atoms with van der Waals surface area (Å²) in [6.45, 7) is 8.46. The predicted molar refractivity (Wildman–Crippen MR) is 70.7 cm³/mol. The van der Waals surface area contributed by atoms with Crippen LogP contribution in [0.25, 0.3) is 0 Å². The highest BCUT2D eigenvalue weighted by molar-refractivity contribution is 5.67. The van der Waals surface area contributed by atoms with Crippen molar-refractivity contribution in [1.82, 2.24) is 10.2 Å². The van der Waals surface area contributed by atoms with Gasteiger partial charge in [-0.3, -0.25) is 0 Å². The van der Waals surface area contributed by atoms with Gasteiger partial charge in [-0.15, -0.1) is 0 Å². The van der Waals surface area contributed by atoms with Crippen molar-refractivity contribution in [3.8, 4) is 0 Å². The van der Waals surface area contributed by atoms with Crippen LogP contribution in [0, 0.1) is 0 Å². The van der Waals surface area contributed by atoms with Crippen LogP contribution < -0.4 is 5.32 Å². The number of amides is 1. The van der Waals surface area contributed by atoms with Gasteiger partial charge in [0.05, 0.1) is 13.2 Å². The van der Waals surface area contributed by atoms with Crippen molar-refractivity contribution in [2.24, 2.45) is 0 Å². The van der Waals surface area contributed by atoms with Crippen molar-refractivity contribution in [2.45, 2.75) is 39.2 Å². The molecule has 5 heteroatoms. The zero-order valence-electron chi connectivity index (χ0n) is 11.6. The third kappa shape index (κ3) is 5.69. The van der Waals surface area contributed by atoms with E-state index in [1.54, 1.807) is 4.90 Å². The number of likely N-dealkylation sites (tertiary alicyclic amines) is 1. The van der Waals surface area contributed by atoms with Crippen LogP contribution in [-0.2, 0) is 9.47 Å². The Hall–Kier alpha value is -0.810. The Morgan fingerprint density at radius 2 is 2.00 bits per heavy atom. The van der Waals surface area contributed by atoms with Crippen LogP contribution in [0.1, 0.15) is 33.1 Å². The van der Waals surface area contributed by atoms with Gasteiger partial charge in [0.15, 0.2) is 0 Å². The second-order valence-corrected chi connectivity index (χ2v) is 4.53. The highest BCUT2D eigenvalue weighted by Gasteiger charge is 2.22. The van der Waals surface area contributed by atoms with E-state index >= 15 is 0 Å². The molecule has 0 aromatic rings. The molecular weight excluding hydrogens is 232 g/mol. The number of nitrogens with zero attached hydrogens (tertiary/aromatic N) is 1.